The lowest BCUT2D eigenvalue weighted by molar-refractivity contribution is -0.144. The first-order valence-corrected chi connectivity index (χ1v) is 10.1. The molecule has 2 saturated carbocycles. The number of aliphatic hydroxyl groups excluding tert-OH is 1. The van der Waals surface area contributed by atoms with E-state index in [-0.39, 0.29) is 35.4 Å². The highest BCUT2D eigenvalue weighted by Gasteiger charge is 2.57. The van der Waals surface area contributed by atoms with Gasteiger partial charge in [-0.15, -0.1) is 0 Å². The van der Waals surface area contributed by atoms with E-state index in [0.29, 0.717) is 18.4 Å². The van der Waals surface area contributed by atoms with E-state index in [4.69, 9.17) is 4.74 Å². The van der Waals surface area contributed by atoms with Gasteiger partial charge in [0.1, 0.15) is 6.10 Å². The number of hydrogen-bond acceptors (Lipinski definition) is 5. The quantitative estimate of drug-likeness (QED) is 0.565. The van der Waals surface area contributed by atoms with Crippen molar-refractivity contribution in [1.29, 1.82) is 0 Å². The highest BCUT2D eigenvalue weighted by molar-refractivity contribution is 5.75. The van der Waals surface area contributed by atoms with Crippen LogP contribution in [0.15, 0.2) is 0 Å². The number of aliphatic hydroxyl groups is 1. The molecule has 3 aliphatic rings. The van der Waals surface area contributed by atoms with Gasteiger partial charge < -0.3 is 20.1 Å². The van der Waals surface area contributed by atoms with Crippen LogP contribution in [0, 0.1) is 29.1 Å². The van der Waals surface area contributed by atoms with Crippen molar-refractivity contribution in [2.24, 2.45) is 29.1 Å². The summed E-state index contributed by atoms with van der Waals surface area (Å²) < 4.78 is 5.80. The van der Waals surface area contributed by atoms with Crippen LogP contribution in [-0.4, -0.2) is 61.9 Å². The number of carbonyl (C=O) groups excluding carboxylic acids is 1. The van der Waals surface area contributed by atoms with Crippen LogP contribution in [0.2, 0.25) is 0 Å². The van der Waals surface area contributed by atoms with Crippen molar-refractivity contribution >= 4 is 5.97 Å². The number of esters is 1. The fourth-order valence-corrected chi connectivity index (χ4v) is 5.77. The number of fused-ring (bicyclic) bond motifs is 2. The minimum atomic E-state index is -0.233. The summed E-state index contributed by atoms with van der Waals surface area (Å²) in [4.78, 5) is 14.7. The molecule has 1 heterocycles. The summed E-state index contributed by atoms with van der Waals surface area (Å²) in [5.74, 6) is 1.23. The lowest BCUT2D eigenvalue weighted by atomic mass is 9.68. The summed E-state index contributed by atoms with van der Waals surface area (Å²) in [5, 5.41) is 14.1. The number of carbonyl (C=O) groups is 1. The SMILES string of the molecule is C[C@@H]1C[C@@H]2OC(=O)[C@@H](CNCCCN(C)C)[C@H]2C[C@]2(C)[C@@H](O)CC[C@@H]12. The highest BCUT2D eigenvalue weighted by Crippen LogP contribution is 2.57. The molecule has 7 atom stereocenters. The Hall–Kier alpha value is -0.650. The molecule has 1 saturated heterocycles. The number of ether oxygens (including phenoxy) is 1. The van der Waals surface area contributed by atoms with Crippen LogP contribution in [0.25, 0.3) is 0 Å². The summed E-state index contributed by atoms with van der Waals surface area (Å²) >= 11 is 0. The lowest BCUT2D eigenvalue weighted by Crippen LogP contribution is -2.39. The Balaban J connectivity index is 1.64. The van der Waals surface area contributed by atoms with Crippen molar-refractivity contribution in [2.45, 2.75) is 58.2 Å². The largest absolute Gasteiger partial charge is 0.462 e. The van der Waals surface area contributed by atoms with Gasteiger partial charge in [-0.1, -0.05) is 13.8 Å². The fourth-order valence-electron chi connectivity index (χ4n) is 5.77. The molecule has 3 fully saturated rings. The van der Waals surface area contributed by atoms with Crippen molar-refractivity contribution in [3.05, 3.63) is 0 Å². The Morgan fingerprint density at radius 2 is 2.12 bits per heavy atom. The smallest absolute Gasteiger partial charge is 0.310 e. The van der Waals surface area contributed by atoms with Crippen LogP contribution in [0.4, 0.5) is 0 Å². The predicted molar refractivity (Wildman–Crippen MR) is 98.1 cm³/mol. The Labute approximate surface area is 152 Å². The van der Waals surface area contributed by atoms with E-state index >= 15 is 0 Å². The van der Waals surface area contributed by atoms with Crippen LogP contribution < -0.4 is 5.32 Å². The zero-order valence-corrected chi connectivity index (χ0v) is 16.3. The zero-order chi connectivity index (χ0) is 18.2. The summed E-state index contributed by atoms with van der Waals surface area (Å²) in [6.45, 7) is 7.22. The molecule has 3 rings (SSSR count). The van der Waals surface area contributed by atoms with E-state index in [1.54, 1.807) is 0 Å². The molecule has 1 aliphatic heterocycles. The summed E-state index contributed by atoms with van der Waals surface area (Å²) in [5.41, 5.74) is -0.0595. The number of nitrogens with one attached hydrogen (secondary N) is 1. The lowest BCUT2D eigenvalue weighted by Gasteiger charge is -2.37. The van der Waals surface area contributed by atoms with Gasteiger partial charge in [0.25, 0.3) is 0 Å². The summed E-state index contributed by atoms with van der Waals surface area (Å²) in [6, 6.07) is 0. The van der Waals surface area contributed by atoms with E-state index in [0.717, 1.165) is 45.2 Å². The normalized spacial score (nSPS) is 43.7. The van der Waals surface area contributed by atoms with Crippen molar-refractivity contribution in [3.63, 3.8) is 0 Å². The van der Waals surface area contributed by atoms with Crippen molar-refractivity contribution < 1.29 is 14.6 Å². The molecule has 2 N–H and O–H groups in total. The predicted octanol–water partition coefficient (Wildman–Crippen LogP) is 1.89. The number of rotatable bonds is 6. The standard InChI is InChI=1S/C20H36N2O3/c1-13-10-17-14(11-20(2)16(13)6-7-18(20)23)15(19(24)25-17)12-21-8-5-9-22(3)4/h13-18,21,23H,5-12H2,1-4H3/t13-,14-,15+,16+,17+,18+,20+/m1/s1. The van der Waals surface area contributed by atoms with Gasteiger partial charge in [0.05, 0.1) is 12.0 Å². The zero-order valence-electron chi connectivity index (χ0n) is 16.3. The van der Waals surface area contributed by atoms with E-state index in [2.05, 4.69) is 38.2 Å². The van der Waals surface area contributed by atoms with Crippen LogP contribution >= 0.6 is 0 Å². The van der Waals surface area contributed by atoms with Crippen molar-refractivity contribution in [1.82, 2.24) is 10.2 Å². The van der Waals surface area contributed by atoms with Gasteiger partial charge in [-0.2, -0.15) is 0 Å². The molecule has 0 aromatic carbocycles. The van der Waals surface area contributed by atoms with Crippen molar-refractivity contribution in [2.75, 3.05) is 33.7 Å². The van der Waals surface area contributed by atoms with Gasteiger partial charge in [0, 0.05) is 12.5 Å². The monoisotopic (exact) mass is 352 g/mol. The fraction of sp³-hybridized carbons (Fsp3) is 0.950. The molecule has 144 valence electrons. The minimum Gasteiger partial charge on any atom is -0.462 e. The maximum atomic E-state index is 12.5. The maximum Gasteiger partial charge on any atom is 0.310 e. The Morgan fingerprint density at radius 1 is 1.36 bits per heavy atom. The molecule has 0 aromatic rings. The molecule has 0 bridgehead atoms. The molecule has 0 radical (unpaired) electrons. The van der Waals surface area contributed by atoms with Crippen LogP contribution in [-0.2, 0) is 9.53 Å². The van der Waals surface area contributed by atoms with Crippen molar-refractivity contribution in [3.8, 4) is 0 Å². The van der Waals surface area contributed by atoms with E-state index < -0.39 is 0 Å². The molecule has 25 heavy (non-hydrogen) atoms. The van der Waals surface area contributed by atoms with E-state index in [1.165, 1.54) is 0 Å². The molecule has 0 spiro atoms. The molecule has 0 aromatic heterocycles. The van der Waals surface area contributed by atoms with Crippen LogP contribution in [0.3, 0.4) is 0 Å². The third-order valence-electron chi connectivity index (χ3n) is 7.21. The van der Waals surface area contributed by atoms with Gasteiger partial charge in [-0.25, -0.2) is 0 Å². The van der Waals surface area contributed by atoms with Gasteiger partial charge in [0.2, 0.25) is 0 Å². The molecule has 0 amide bonds. The minimum absolute atomic E-state index is 0.0307. The Kier molecular flexibility index (Phi) is 5.76. The third kappa shape index (κ3) is 3.74. The molecule has 2 aliphatic carbocycles. The first-order valence-electron chi connectivity index (χ1n) is 10.1. The average Bonchev–Trinajstić information content (AvgIpc) is 2.94. The van der Waals surface area contributed by atoms with E-state index in [1.807, 2.05) is 0 Å². The van der Waals surface area contributed by atoms with Crippen LogP contribution in [0.5, 0.6) is 0 Å². The van der Waals surface area contributed by atoms with Gasteiger partial charge in [0.15, 0.2) is 0 Å². The molecule has 0 unspecified atom stereocenters. The average molecular weight is 353 g/mol. The Bertz CT molecular complexity index is 484. The third-order valence-corrected chi connectivity index (χ3v) is 7.21. The van der Waals surface area contributed by atoms with Gasteiger partial charge >= 0.3 is 5.97 Å². The second kappa shape index (κ2) is 7.53. The van der Waals surface area contributed by atoms with E-state index in [9.17, 15) is 9.90 Å². The van der Waals surface area contributed by atoms with Gasteiger partial charge in [-0.3, -0.25) is 4.79 Å². The first kappa shape index (κ1) is 19.1. The first-order chi connectivity index (χ1) is 11.8. The number of hydrogen-bond donors (Lipinski definition) is 2. The number of nitrogens with zero attached hydrogens (tertiary/aromatic N) is 1. The molecule has 5 heteroatoms. The Morgan fingerprint density at radius 3 is 2.84 bits per heavy atom. The summed E-state index contributed by atoms with van der Waals surface area (Å²) in [6.07, 6.45) is 4.79. The molecular weight excluding hydrogens is 316 g/mol. The maximum absolute atomic E-state index is 12.5. The topological polar surface area (TPSA) is 61.8 Å². The van der Waals surface area contributed by atoms with Crippen LogP contribution in [0.1, 0.15) is 46.0 Å². The molecular formula is C20H36N2O3. The molecule has 5 nitrogen and oxygen atoms in total. The van der Waals surface area contributed by atoms with Gasteiger partial charge in [-0.05, 0) is 76.5 Å². The second-order valence-corrected chi connectivity index (χ2v) is 9.23. The highest BCUT2D eigenvalue weighted by atomic mass is 16.6. The second-order valence-electron chi connectivity index (χ2n) is 9.23. The summed E-state index contributed by atoms with van der Waals surface area (Å²) in [7, 11) is 4.16.